The number of aliphatic hydroxyl groups is 1. The van der Waals surface area contributed by atoms with Gasteiger partial charge in [0.25, 0.3) is 0 Å². The molecule has 1 aliphatic carbocycles. The number of nitrogens with two attached hydrogens (primary N) is 1. The predicted octanol–water partition coefficient (Wildman–Crippen LogP) is 3.58. The van der Waals surface area contributed by atoms with Gasteiger partial charge < -0.3 is 15.7 Å². The lowest BCUT2D eigenvalue weighted by molar-refractivity contribution is 0.130. The number of nitrogens with zero attached hydrogens (tertiary/aromatic N) is 1. The van der Waals surface area contributed by atoms with Crippen LogP contribution in [0, 0.1) is 0 Å². The average Bonchev–Trinajstić information content (AvgIpc) is 3.06. The van der Waals surface area contributed by atoms with E-state index in [9.17, 15) is 5.11 Å². The standard InChI is InChI=1S/C21H26N2O2/c1-16(18-5-3-2-4-6-18)23-25-14-17-7-9-19(10-8-17)20-11-12-21(22,13-20)15-24/h2-10,20,24H,11-15,22H2,1H3/b23-16+/t20-,21+/m0/s1. The second-order valence-electron chi connectivity index (χ2n) is 7.02. The summed E-state index contributed by atoms with van der Waals surface area (Å²) in [6.07, 6.45) is 2.76. The fourth-order valence-corrected chi connectivity index (χ4v) is 3.41. The first-order valence-electron chi connectivity index (χ1n) is 8.80. The van der Waals surface area contributed by atoms with Crippen LogP contribution in [0.4, 0.5) is 0 Å². The van der Waals surface area contributed by atoms with Crippen molar-refractivity contribution in [2.24, 2.45) is 10.9 Å². The van der Waals surface area contributed by atoms with Gasteiger partial charge in [0, 0.05) is 5.54 Å². The van der Waals surface area contributed by atoms with Crippen LogP contribution in [0.25, 0.3) is 0 Å². The van der Waals surface area contributed by atoms with E-state index in [0.717, 1.165) is 36.1 Å². The number of hydrogen-bond donors (Lipinski definition) is 2. The maximum absolute atomic E-state index is 9.40. The molecule has 132 valence electrons. The van der Waals surface area contributed by atoms with Crippen LogP contribution in [-0.2, 0) is 11.4 Å². The van der Waals surface area contributed by atoms with Crippen molar-refractivity contribution < 1.29 is 9.94 Å². The van der Waals surface area contributed by atoms with E-state index in [2.05, 4.69) is 29.4 Å². The molecular formula is C21H26N2O2. The summed E-state index contributed by atoms with van der Waals surface area (Å²) in [5, 5.41) is 13.6. The molecule has 1 aliphatic rings. The molecule has 0 unspecified atom stereocenters. The molecule has 2 aromatic carbocycles. The highest BCUT2D eigenvalue weighted by molar-refractivity contribution is 5.98. The number of oxime groups is 1. The van der Waals surface area contributed by atoms with Crippen LogP contribution in [0.1, 0.15) is 48.8 Å². The zero-order valence-electron chi connectivity index (χ0n) is 14.7. The molecule has 0 heterocycles. The number of hydrogen-bond acceptors (Lipinski definition) is 4. The topological polar surface area (TPSA) is 67.8 Å². The fourth-order valence-electron chi connectivity index (χ4n) is 3.41. The van der Waals surface area contributed by atoms with E-state index in [1.165, 1.54) is 5.56 Å². The summed E-state index contributed by atoms with van der Waals surface area (Å²) in [7, 11) is 0. The van der Waals surface area contributed by atoms with Gasteiger partial charge in [-0.25, -0.2) is 0 Å². The van der Waals surface area contributed by atoms with Crippen molar-refractivity contribution in [1.29, 1.82) is 0 Å². The van der Waals surface area contributed by atoms with Crippen molar-refractivity contribution in [3.63, 3.8) is 0 Å². The Bertz CT molecular complexity index is 712. The van der Waals surface area contributed by atoms with E-state index in [0.29, 0.717) is 12.5 Å². The van der Waals surface area contributed by atoms with E-state index in [4.69, 9.17) is 10.6 Å². The highest BCUT2D eigenvalue weighted by Crippen LogP contribution is 2.39. The fraction of sp³-hybridized carbons (Fsp3) is 0.381. The second kappa shape index (κ2) is 7.81. The minimum Gasteiger partial charge on any atom is -0.394 e. The molecule has 2 aromatic rings. The van der Waals surface area contributed by atoms with E-state index in [1.807, 2.05) is 37.3 Å². The summed E-state index contributed by atoms with van der Waals surface area (Å²) in [6, 6.07) is 18.4. The van der Waals surface area contributed by atoms with Crippen molar-refractivity contribution in [2.45, 2.75) is 44.2 Å². The molecule has 1 saturated carbocycles. The van der Waals surface area contributed by atoms with E-state index in [1.54, 1.807) is 0 Å². The van der Waals surface area contributed by atoms with Gasteiger partial charge in [0.15, 0.2) is 0 Å². The van der Waals surface area contributed by atoms with Gasteiger partial charge in [-0.2, -0.15) is 0 Å². The quantitative estimate of drug-likeness (QED) is 0.625. The maximum atomic E-state index is 9.40. The van der Waals surface area contributed by atoms with Crippen molar-refractivity contribution in [3.05, 3.63) is 71.3 Å². The molecule has 0 aliphatic heterocycles. The Morgan fingerprint density at radius 3 is 2.56 bits per heavy atom. The lowest BCUT2D eigenvalue weighted by Gasteiger charge is -2.20. The molecular weight excluding hydrogens is 312 g/mol. The molecule has 0 amide bonds. The number of benzene rings is 2. The van der Waals surface area contributed by atoms with Gasteiger partial charge in [-0.15, -0.1) is 0 Å². The molecule has 0 spiro atoms. The van der Waals surface area contributed by atoms with E-state index < -0.39 is 5.54 Å². The molecule has 4 heteroatoms. The van der Waals surface area contributed by atoms with Crippen molar-refractivity contribution >= 4 is 5.71 Å². The number of aliphatic hydroxyl groups excluding tert-OH is 1. The minimum atomic E-state index is -0.407. The molecule has 25 heavy (non-hydrogen) atoms. The second-order valence-corrected chi connectivity index (χ2v) is 7.02. The van der Waals surface area contributed by atoms with Gasteiger partial charge >= 0.3 is 0 Å². The Hall–Kier alpha value is -2.17. The molecule has 1 fully saturated rings. The third-order valence-electron chi connectivity index (χ3n) is 5.03. The van der Waals surface area contributed by atoms with Gasteiger partial charge in [0.1, 0.15) is 6.61 Å². The smallest absolute Gasteiger partial charge is 0.142 e. The third-order valence-corrected chi connectivity index (χ3v) is 5.03. The van der Waals surface area contributed by atoms with E-state index in [-0.39, 0.29) is 6.61 Å². The molecule has 0 bridgehead atoms. The van der Waals surface area contributed by atoms with Crippen LogP contribution in [0.3, 0.4) is 0 Å². The Morgan fingerprint density at radius 1 is 1.20 bits per heavy atom. The summed E-state index contributed by atoms with van der Waals surface area (Å²) in [6.45, 7) is 2.46. The zero-order valence-corrected chi connectivity index (χ0v) is 14.7. The average molecular weight is 338 g/mol. The molecule has 0 radical (unpaired) electrons. The third kappa shape index (κ3) is 4.47. The summed E-state index contributed by atoms with van der Waals surface area (Å²) in [5.41, 5.74) is 10.1. The highest BCUT2D eigenvalue weighted by Gasteiger charge is 2.35. The zero-order chi connectivity index (χ0) is 17.7. The Morgan fingerprint density at radius 2 is 1.92 bits per heavy atom. The van der Waals surface area contributed by atoms with Crippen LogP contribution in [0.5, 0.6) is 0 Å². The monoisotopic (exact) mass is 338 g/mol. The first-order valence-corrected chi connectivity index (χ1v) is 8.80. The Balaban J connectivity index is 1.55. The lowest BCUT2D eigenvalue weighted by atomic mass is 9.93. The first-order chi connectivity index (χ1) is 12.1. The van der Waals surface area contributed by atoms with Crippen LogP contribution >= 0.6 is 0 Å². The van der Waals surface area contributed by atoms with Gasteiger partial charge in [0.2, 0.25) is 0 Å². The van der Waals surface area contributed by atoms with Gasteiger partial charge in [0.05, 0.1) is 12.3 Å². The summed E-state index contributed by atoms with van der Waals surface area (Å²) >= 11 is 0. The summed E-state index contributed by atoms with van der Waals surface area (Å²) < 4.78 is 0. The first kappa shape index (κ1) is 17.6. The molecule has 2 atom stereocenters. The van der Waals surface area contributed by atoms with Crippen molar-refractivity contribution in [3.8, 4) is 0 Å². The van der Waals surface area contributed by atoms with Crippen LogP contribution in [0.15, 0.2) is 59.8 Å². The lowest BCUT2D eigenvalue weighted by Crippen LogP contribution is -2.40. The molecule has 4 nitrogen and oxygen atoms in total. The van der Waals surface area contributed by atoms with Crippen LogP contribution in [-0.4, -0.2) is 23.0 Å². The molecule has 3 N–H and O–H groups in total. The summed E-state index contributed by atoms with van der Waals surface area (Å²) in [5.74, 6) is 0.436. The Kier molecular flexibility index (Phi) is 5.51. The molecule has 0 saturated heterocycles. The molecule has 0 aromatic heterocycles. The summed E-state index contributed by atoms with van der Waals surface area (Å²) in [4.78, 5) is 5.49. The predicted molar refractivity (Wildman–Crippen MR) is 100 cm³/mol. The number of rotatable bonds is 6. The molecule has 3 rings (SSSR count). The largest absolute Gasteiger partial charge is 0.394 e. The van der Waals surface area contributed by atoms with Crippen molar-refractivity contribution in [2.75, 3.05) is 6.61 Å². The van der Waals surface area contributed by atoms with Crippen LogP contribution in [0.2, 0.25) is 0 Å². The van der Waals surface area contributed by atoms with Gasteiger partial charge in [-0.1, -0.05) is 59.8 Å². The maximum Gasteiger partial charge on any atom is 0.142 e. The van der Waals surface area contributed by atoms with Gasteiger partial charge in [-0.05, 0) is 48.8 Å². The van der Waals surface area contributed by atoms with Crippen molar-refractivity contribution in [1.82, 2.24) is 0 Å². The van der Waals surface area contributed by atoms with Crippen LogP contribution < -0.4 is 5.73 Å². The minimum absolute atomic E-state index is 0.0637. The van der Waals surface area contributed by atoms with Gasteiger partial charge in [-0.3, -0.25) is 0 Å². The van der Waals surface area contributed by atoms with E-state index >= 15 is 0 Å². The normalized spacial score (nSPS) is 23.6. The Labute approximate surface area is 149 Å². The SMILES string of the molecule is C/C(=N\OCc1ccc([C@H]2CC[C@](N)(CO)C2)cc1)c1ccccc1. The highest BCUT2D eigenvalue weighted by atomic mass is 16.6.